The fraction of sp³-hybridized carbons (Fsp3) is 0.800. The second kappa shape index (κ2) is 3.62. The summed E-state index contributed by atoms with van der Waals surface area (Å²) in [4.78, 5) is 13.4. The van der Waals surface area contributed by atoms with Crippen LogP contribution in [0.4, 0.5) is 0 Å². The van der Waals surface area contributed by atoms with Gasteiger partial charge in [-0.3, -0.25) is 4.79 Å². The number of nitrogens with zero attached hydrogens (tertiary/aromatic N) is 4. The zero-order valence-electron chi connectivity index (χ0n) is 9.26. The van der Waals surface area contributed by atoms with Gasteiger partial charge in [-0.05, 0) is 24.5 Å². The predicted molar refractivity (Wildman–Crippen MR) is 55.6 cm³/mol. The number of ketones is 1. The highest BCUT2D eigenvalue weighted by Crippen LogP contribution is 2.34. The lowest BCUT2D eigenvalue weighted by atomic mass is 9.85. The number of carbonyl (C=O) groups excluding carboxylic acids is 1. The summed E-state index contributed by atoms with van der Waals surface area (Å²) in [6.07, 6.45) is 3.67. The number of hydrogen-bond acceptors (Lipinski definition) is 5. The maximum absolute atomic E-state index is 12.1. The van der Waals surface area contributed by atoms with Crippen LogP contribution in [0, 0.1) is 5.92 Å². The highest BCUT2D eigenvalue weighted by atomic mass is 16.1. The minimum atomic E-state index is 0.169. The lowest BCUT2D eigenvalue weighted by Crippen LogP contribution is -2.30. The van der Waals surface area contributed by atoms with Gasteiger partial charge in [-0.25, -0.2) is 0 Å². The van der Waals surface area contributed by atoms with Gasteiger partial charge in [0.05, 0.1) is 13.5 Å². The molecular weight excluding hydrogens is 206 g/mol. The number of aryl methyl sites for hydroxylation is 1. The van der Waals surface area contributed by atoms with Crippen LogP contribution in [0.3, 0.4) is 0 Å². The molecule has 0 aliphatic carbocycles. The summed E-state index contributed by atoms with van der Waals surface area (Å²) in [5.41, 5.74) is 0. The van der Waals surface area contributed by atoms with Gasteiger partial charge >= 0.3 is 0 Å². The van der Waals surface area contributed by atoms with Crippen molar-refractivity contribution in [1.29, 1.82) is 0 Å². The molecule has 86 valence electrons. The molecule has 3 atom stereocenters. The summed E-state index contributed by atoms with van der Waals surface area (Å²) >= 11 is 0. The average molecular weight is 221 g/mol. The molecule has 2 bridgehead atoms. The largest absolute Gasteiger partial charge is 0.310 e. The van der Waals surface area contributed by atoms with E-state index in [0.717, 1.165) is 12.8 Å². The van der Waals surface area contributed by atoms with Gasteiger partial charge in [0.1, 0.15) is 5.78 Å². The Balaban J connectivity index is 1.65. The summed E-state index contributed by atoms with van der Waals surface area (Å²) < 4.78 is 0. The number of nitrogens with one attached hydrogen (secondary N) is 1. The van der Waals surface area contributed by atoms with Crippen molar-refractivity contribution in [3.05, 3.63) is 5.82 Å². The molecule has 16 heavy (non-hydrogen) atoms. The van der Waals surface area contributed by atoms with E-state index in [0.29, 0.717) is 24.3 Å². The third-order valence-corrected chi connectivity index (χ3v) is 3.60. The van der Waals surface area contributed by atoms with Gasteiger partial charge in [0.25, 0.3) is 0 Å². The summed E-state index contributed by atoms with van der Waals surface area (Å²) in [5, 5.41) is 15.1. The van der Waals surface area contributed by atoms with E-state index < -0.39 is 0 Å². The van der Waals surface area contributed by atoms with Gasteiger partial charge < -0.3 is 5.32 Å². The van der Waals surface area contributed by atoms with E-state index in [1.165, 1.54) is 11.2 Å². The van der Waals surface area contributed by atoms with Crippen molar-refractivity contribution in [3.8, 4) is 0 Å². The van der Waals surface area contributed by atoms with Gasteiger partial charge in [0.2, 0.25) is 0 Å². The number of carbonyl (C=O) groups is 1. The monoisotopic (exact) mass is 221 g/mol. The Morgan fingerprint density at radius 2 is 2.44 bits per heavy atom. The summed E-state index contributed by atoms with van der Waals surface area (Å²) in [5.74, 6) is 0.963. The Kier molecular flexibility index (Phi) is 2.24. The maximum Gasteiger partial charge on any atom is 0.182 e. The topological polar surface area (TPSA) is 72.7 Å². The van der Waals surface area contributed by atoms with Crippen LogP contribution in [0.15, 0.2) is 0 Å². The van der Waals surface area contributed by atoms with E-state index >= 15 is 0 Å². The number of aromatic nitrogens is 4. The number of tetrazole rings is 1. The van der Waals surface area contributed by atoms with E-state index in [4.69, 9.17) is 0 Å². The van der Waals surface area contributed by atoms with Crippen molar-refractivity contribution in [2.45, 2.75) is 37.8 Å². The van der Waals surface area contributed by atoms with Crippen LogP contribution in [0.1, 0.15) is 25.1 Å². The second-order valence-corrected chi connectivity index (χ2v) is 4.73. The van der Waals surface area contributed by atoms with Crippen LogP contribution in [-0.2, 0) is 18.3 Å². The zero-order valence-corrected chi connectivity index (χ0v) is 9.26. The predicted octanol–water partition coefficient (Wildman–Crippen LogP) is -0.538. The molecule has 2 aliphatic rings. The SMILES string of the molecule is Cn1nnc(CC(=O)C2CC3CCC2N3)n1. The minimum absolute atomic E-state index is 0.169. The normalized spacial score (nSPS) is 32.2. The Morgan fingerprint density at radius 3 is 3.00 bits per heavy atom. The van der Waals surface area contributed by atoms with Crippen molar-refractivity contribution in [2.24, 2.45) is 13.0 Å². The van der Waals surface area contributed by atoms with Gasteiger partial charge in [0, 0.05) is 18.0 Å². The summed E-state index contributed by atoms with van der Waals surface area (Å²) in [6, 6.07) is 0.961. The Morgan fingerprint density at radius 1 is 1.56 bits per heavy atom. The number of fused-ring (bicyclic) bond motifs is 2. The van der Waals surface area contributed by atoms with E-state index in [2.05, 4.69) is 20.7 Å². The Bertz CT molecular complexity index is 415. The molecule has 3 unspecified atom stereocenters. The molecule has 3 rings (SSSR count). The quantitative estimate of drug-likeness (QED) is 0.742. The highest BCUT2D eigenvalue weighted by molar-refractivity contribution is 5.83. The van der Waals surface area contributed by atoms with Crippen LogP contribution in [-0.4, -0.2) is 38.1 Å². The molecule has 2 saturated heterocycles. The molecule has 1 aromatic rings. The second-order valence-electron chi connectivity index (χ2n) is 4.73. The van der Waals surface area contributed by atoms with Gasteiger partial charge in [0.15, 0.2) is 5.82 Å². The third kappa shape index (κ3) is 1.63. The lowest BCUT2D eigenvalue weighted by Gasteiger charge is -2.17. The molecule has 0 aromatic carbocycles. The maximum atomic E-state index is 12.1. The first-order valence-corrected chi connectivity index (χ1v) is 5.74. The van der Waals surface area contributed by atoms with Gasteiger partial charge in [-0.15, -0.1) is 10.2 Å². The molecule has 3 heterocycles. The van der Waals surface area contributed by atoms with E-state index in [-0.39, 0.29) is 11.7 Å². The van der Waals surface area contributed by atoms with Crippen LogP contribution >= 0.6 is 0 Å². The Hall–Kier alpha value is -1.30. The van der Waals surface area contributed by atoms with E-state index in [1.807, 2.05) is 0 Å². The van der Waals surface area contributed by atoms with E-state index in [9.17, 15) is 4.79 Å². The first-order valence-electron chi connectivity index (χ1n) is 5.74. The van der Waals surface area contributed by atoms with Crippen molar-refractivity contribution in [2.75, 3.05) is 0 Å². The average Bonchev–Trinajstić information content (AvgIpc) is 2.93. The molecule has 1 aromatic heterocycles. The number of hydrogen-bond donors (Lipinski definition) is 1. The Labute approximate surface area is 93.4 Å². The fourth-order valence-electron chi connectivity index (χ4n) is 2.86. The highest BCUT2D eigenvalue weighted by Gasteiger charge is 2.42. The van der Waals surface area contributed by atoms with Crippen molar-refractivity contribution >= 4 is 5.78 Å². The lowest BCUT2D eigenvalue weighted by molar-refractivity contribution is -0.122. The van der Waals surface area contributed by atoms with Crippen LogP contribution in [0.5, 0.6) is 0 Å². The minimum Gasteiger partial charge on any atom is -0.310 e. The molecule has 6 nitrogen and oxygen atoms in total. The standard InChI is InChI=1S/C10H15N5O/c1-15-13-10(12-14-15)5-9(16)7-4-6-2-3-8(7)11-6/h6-8,11H,2-5H2,1H3. The van der Waals surface area contributed by atoms with E-state index in [1.54, 1.807) is 7.05 Å². The molecule has 0 radical (unpaired) electrons. The molecule has 0 spiro atoms. The third-order valence-electron chi connectivity index (χ3n) is 3.60. The molecule has 0 saturated carbocycles. The number of rotatable bonds is 3. The molecule has 1 N–H and O–H groups in total. The number of Topliss-reactive ketones (excluding diaryl/α,β-unsaturated/α-hetero) is 1. The van der Waals surface area contributed by atoms with Crippen molar-refractivity contribution < 1.29 is 4.79 Å². The summed E-state index contributed by atoms with van der Waals surface area (Å²) in [6.45, 7) is 0. The fourth-order valence-corrected chi connectivity index (χ4v) is 2.86. The zero-order chi connectivity index (χ0) is 11.1. The molecule has 0 amide bonds. The first kappa shape index (κ1) is 9.89. The van der Waals surface area contributed by atoms with Gasteiger partial charge in [-0.2, -0.15) is 4.80 Å². The van der Waals surface area contributed by atoms with Crippen LogP contribution in [0.25, 0.3) is 0 Å². The van der Waals surface area contributed by atoms with Crippen LogP contribution in [0.2, 0.25) is 0 Å². The molecule has 2 fully saturated rings. The van der Waals surface area contributed by atoms with Crippen LogP contribution < -0.4 is 5.32 Å². The smallest absolute Gasteiger partial charge is 0.182 e. The summed E-state index contributed by atoms with van der Waals surface area (Å²) in [7, 11) is 1.71. The first-order chi connectivity index (χ1) is 7.72. The van der Waals surface area contributed by atoms with Crippen molar-refractivity contribution in [1.82, 2.24) is 25.5 Å². The van der Waals surface area contributed by atoms with Crippen molar-refractivity contribution in [3.63, 3.8) is 0 Å². The molecule has 6 heteroatoms. The molecule has 2 aliphatic heterocycles. The molecular formula is C10H15N5O. The van der Waals surface area contributed by atoms with Gasteiger partial charge in [-0.1, -0.05) is 0 Å².